The van der Waals surface area contributed by atoms with Gasteiger partial charge in [-0.05, 0) is 6.92 Å². The zero-order valence-corrected chi connectivity index (χ0v) is 8.98. The van der Waals surface area contributed by atoms with Crippen LogP contribution >= 0.6 is 15.9 Å². The number of halogens is 1. The molecular weight excluding hydrogens is 248 g/mol. The number of primary amides is 1. The van der Waals surface area contributed by atoms with Crippen LogP contribution in [0.4, 0.5) is 0 Å². The van der Waals surface area contributed by atoms with Crippen LogP contribution in [-0.4, -0.2) is 25.0 Å². The van der Waals surface area contributed by atoms with E-state index in [1.165, 1.54) is 0 Å². The van der Waals surface area contributed by atoms with Gasteiger partial charge in [-0.1, -0.05) is 15.9 Å². The Bertz CT molecular complexity index is 251. The molecule has 0 aromatic carbocycles. The molecule has 0 fully saturated rings. The lowest BCUT2D eigenvalue weighted by Gasteiger charge is -2.09. The molecule has 0 bridgehead atoms. The lowest BCUT2D eigenvalue weighted by atomic mass is 10.2. The number of hydrogen-bond donors (Lipinski definition) is 2. The van der Waals surface area contributed by atoms with Crippen molar-refractivity contribution in [2.24, 2.45) is 5.73 Å². The summed E-state index contributed by atoms with van der Waals surface area (Å²) in [6.07, 6.45) is 0.00618. The highest BCUT2D eigenvalue weighted by molar-refractivity contribution is 9.10. The standard InChI is InChI=1S/C5H11BrN2O3S/c1-4(2-5(7)9)8-12(10,11)3-6/h4,8H,2-3H2,1H3,(H2,7,9). The lowest BCUT2D eigenvalue weighted by molar-refractivity contribution is -0.118. The molecule has 0 aliphatic rings. The van der Waals surface area contributed by atoms with E-state index >= 15 is 0 Å². The van der Waals surface area contributed by atoms with Crippen LogP contribution in [0.25, 0.3) is 0 Å². The Morgan fingerprint density at radius 1 is 1.67 bits per heavy atom. The predicted molar refractivity (Wildman–Crippen MR) is 49.1 cm³/mol. The summed E-state index contributed by atoms with van der Waals surface area (Å²) in [5.74, 6) is -0.528. The fraction of sp³-hybridized carbons (Fsp3) is 0.800. The zero-order chi connectivity index (χ0) is 9.78. The van der Waals surface area contributed by atoms with Crippen molar-refractivity contribution < 1.29 is 13.2 Å². The molecule has 5 nitrogen and oxygen atoms in total. The largest absolute Gasteiger partial charge is 0.370 e. The third kappa shape index (κ3) is 5.50. The topological polar surface area (TPSA) is 89.3 Å². The van der Waals surface area contributed by atoms with Crippen molar-refractivity contribution in [1.29, 1.82) is 0 Å². The molecule has 7 heteroatoms. The highest BCUT2D eigenvalue weighted by atomic mass is 79.9. The second-order valence-electron chi connectivity index (χ2n) is 2.41. The van der Waals surface area contributed by atoms with Crippen LogP contribution in [0.15, 0.2) is 0 Å². The summed E-state index contributed by atoms with van der Waals surface area (Å²) in [6.45, 7) is 1.57. The number of carbonyl (C=O) groups excluding carboxylic acids is 1. The molecule has 0 aliphatic heterocycles. The molecule has 0 saturated heterocycles. The van der Waals surface area contributed by atoms with Crippen LogP contribution in [0.5, 0.6) is 0 Å². The van der Waals surface area contributed by atoms with Gasteiger partial charge in [-0.15, -0.1) is 0 Å². The predicted octanol–water partition coefficient (Wildman–Crippen LogP) is -0.478. The van der Waals surface area contributed by atoms with E-state index in [1.807, 2.05) is 0 Å². The first-order valence-corrected chi connectivity index (χ1v) is 5.99. The molecule has 0 aromatic rings. The Balaban J connectivity index is 4.01. The molecule has 1 amide bonds. The van der Waals surface area contributed by atoms with Crippen molar-refractivity contribution in [2.45, 2.75) is 19.4 Å². The minimum Gasteiger partial charge on any atom is -0.370 e. The lowest BCUT2D eigenvalue weighted by Crippen LogP contribution is -2.36. The number of rotatable bonds is 5. The van der Waals surface area contributed by atoms with Crippen molar-refractivity contribution >= 4 is 31.9 Å². The summed E-state index contributed by atoms with van der Waals surface area (Å²) in [6, 6.07) is -0.454. The SMILES string of the molecule is CC(CC(N)=O)NS(=O)(=O)CBr. The Kier molecular flexibility index (Phi) is 4.73. The van der Waals surface area contributed by atoms with E-state index in [9.17, 15) is 13.2 Å². The number of alkyl halides is 1. The van der Waals surface area contributed by atoms with E-state index in [1.54, 1.807) is 6.92 Å². The van der Waals surface area contributed by atoms with Gasteiger partial charge in [0.05, 0.1) is 0 Å². The summed E-state index contributed by atoms with van der Waals surface area (Å²) < 4.78 is 23.8. The molecule has 0 spiro atoms. The summed E-state index contributed by atoms with van der Waals surface area (Å²) in [5, 5.41) is 0. The van der Waals surface area contributed by atoms with Crippen LogP contribution < -0.4 is 10.5 Å². The maximum Gasteiger partial charge on any atom is 0.221 e. The number of carbonyl (C=O) groups is 1. The van der Waals surface area contributed by atoms with Gasteiger partial charge < -0.3 is 5.73 Å². The molecule has 0 saturated carbocycles. The van der Waals surface area contributed by atoms with Gasteiger partial charge >= 0.3 is 0 Å². The average molecular weight is 259 g/mol. The van der Waals surface area contributed by atoms with Crippen molar-refractivity contribution in [3.63, 3.8) is 0 Å². The summed E-state index contributed by atoms with van der Waals surface area (Å²) in [7, 11) is -3.31. The molecule has 72 valence electrons. The van der Waals surface area contributed by atoms with Crippen molar-refractivity contribution in [3.05, 3.63) is 0 Å². The van der Waals surface area contributed by atoms with E-state index in [4.69, 9.17) is 5.73 Å². The minimum atomic E-state index is -3.31. The smallest absolute Gasteiger partial charge is 0.221 e. The fourth-order valence-electron chi connectivity index (χ4n) is 0.681. The molecular formula is C5H11BrN2O3S. The molecule has 0 aliphatic carbocycles. The van der Waals surface area contributed by atoms with Gasteiger partial charge in [0.15, 0.2) is 0 Å². The quantitative estimate of drug-likeness (QED) is 0.653. The molecule has 12 heavy (non-hydrogen) atoms. The van der Waals surface area contributed by atoms with Gasteiger partial charge in [0, 0.05) is 12.5 Å². The van der Waals surface area contributed by atoms with Crippen molar-refractivity contribution in [2.75, 3.05) is 4.66 Å². The van der Waals surface area contributed by atoms with E-state index < -0.39 is 22.0 Å². The molecule has 3 N–H and O–H groups in total. The number of amides is 1. The first-order chi connectivity index (χ1) is 5.37. The summed E-state index contributed by atoms with van der Waals surface area (Å²) in [5.41, 5.74) is 4.87. The average Bonchev–Trinajstić information content (AvgIpc) is 1.84. The Hall–Kier alpha value is -0.140. The Morgan fingerprint density at radius 2 is 2.17 bits per heavy atom. The second kappa shape index (κ2) is 4.78. The van der Waals surface area contributed by atoms with E-state index in [0.29, 0.717) is 0 Å². The summed E-state index contributed by atoms with van der Waals surface area (Å²) in [4.78, 5) is 10.4. The van der Waals surface area contributed by atoms with E-state index in [2.05, 4.69) is 20.7 Å². The summed E-state index contributed by atoms with van der Waals surface area (Å²) >= 11 is 2.80. The number of sulfonamides is 1. The maximum absolute atomic E-state index is 10.9. The van der Waals surface area contributed by atoms with E-state index in [-0.39, 0.29) is 11.1 Å². The third-order valence-electron chi connectivity index (χ3n) is 1.03. The van der Waals surface area contributed by atoms with Crippen LogP contribution in [0.3, 0.4) is 0 Å². The molecule has 1 atom stereocenters. The van der Waals surface area contributed by atoms with Crippen LogP contribution in [-0.2, 0) is 14.8 Å². The first-order valence-electron chi connectivity index (χ1n) is 3.21. The van der Waals surface area contributed by atoms with Gasteiger partial charge in [-0.3, -0.25) is 4.79 Å². The van der Waals surface area contributed by atoms with Gasteiger partial charge in [0.2, 0.25) is 15.9 Å². The molecule has 0 aromatic heterocycles. The van der Waals surface area contributed by atoms with Crippen LogP contribution in [0.1, 0.15) is 13.3 Å². The fourth-order valence-corrected chi connectivity index (χ4v) is 1.84. The van der Waals surface area contributed by atoms with E-state index in [0.717, 1.165) is 0 Å². The third-order valence-corrected chi connectivity index (χ3v) is 3.89. The highest BCUT2D eigenvalue weighted by Gasteiger charge is 2.13. The van der Waals surface area contributed by atoms with Gasteiger partial charge in [-0.2, -0.15) is 0 Å². The van der Waals surface area contributed by atoms with Gasteiger partial charge in [0.25, 0.3) is 0 Å². The van der Waals surface area contributed by atoms with Crippen molar-refractivity contribution in [3.8, 4) is 0 Å². The Morgan fingerprint density at radius 3 is 2.50 bits per heavy atom. The number of nitrogens with two attached hydrogens (primary N) is 1. The van der Waals surface area contributed by atoms with Crippen LogP contribution in [0, 0.1) is 0 Å². The molecule has 0 radical (unpaired) electrons. The minimum absolute atomic E-state index is 0.00618. The highest BCUT2D eigenvalue weighted by Crippen LogP contribution is 1.96. The molecule has 0 heterocycles. The van der Waals surface area contributed by atoms with Crippen molar-refractivity contribution in [1.82, 2.24) is 4.72 Å². The number of hydrogen-bond acceptors (Lipinski definition) is 3. The first kappa shape index (κ1) is 11.9. The second-order valence-corrected chi connectivity index (χ2v) is 5.47. The van der Waals surface area contributed by atoms with Gasteiger partial charge in [0.1, 0.15) is 4.66 Å². The normalized spacial score (nSPS) is 14.2. The molecule has 0 rings (SSSR count). The van der Waals surface area contributed by atoms with Gasteiger partial charge in [-0.25, -0.2) is 13.1 Å². The maximum atomic E-state index is 10.9. The van der Waals surface area contributed by atoms with Crippen LogP contribution in [0.2, 0.25) is 0 Å². The molecule has 1 unspecified atom stereocenters. The zero-order valence-electron chi connectivity index (χ0n) is 6.58. The monoisotopic (exact) mass is 258 g/mol. The Labute approximate surface area is 79.9 Å². The number of nitrogens with one attached hydrogen (secondary N) is 1.